The molecule has 2 aromatic heterocycles. The highest BCUT2D eigenvalue weighted by Gasteiger charge is 2.14. The zero-order valence-electron chi connectivity index (χ0n) is 15.5. The van der Waals surface area contributed by atoms with Crippen molar-refractivity contribution in [2.24, 2.45) is 5.92 Å². The molecule has 0 bridgehead atoms. The minimum Gasteiger partial charge on any atom is -0.347 e. The Morgan fingerprint density at radius 1 is 1.18 bits per heavy atom. The summed E-state index contributed by atoms with van der Waals surface area (Å²) in [6.07, 6.45) is -0.636. The third-order valence-corrected chi connectivity index (χ3v) is 4.56. The van der Waals surface area contributed by atoms with Gasteiger partial charge in [0.15, 0.2) is 5.82 Å². The standard InChI is InChI=1S/C21H20F2N4O/c1-12(2)11-27-8-7-13-9-15(4-6-18(13)27)24-21(28)14-3-5-16-17(10-14)26-20(25-16)19(22)23/h3-10,12,19H,11H2,1-2H3,(H,24,28)(H,25,26). The predicted molar refractivity (Wildman–Crippen MR) is 106 cm³/mol. The topological polar surface area (TPSA) is 62.7 Å². The van der Waals surface area contributed by atoms with Crippen LogP contribution < -0.4 is 5.32 Å². The summed E-state index contributed by atoms with van der Waals surface area (Å²) in [4.78, 5) is 19.0. The number of H-pyrrole nitrogens is 1. The van der Waals surface area contributed by atoms with Crippen LogP contribution in [0.5, 0.6) is 0 Å². The number of fused-ring (bicyclic) bond motifs is 2. The maximum Gasteiger partial charge on any atom is 0.295 e. The van der Waals surface area contributed by atoms with Crippen LogP contribution in [0, 0.1) is 5.92 Å². The molecule has 4 rings (SSSR count). The summed E-state index contributed by atoms with van der Waals surface area (Å²) in [5.41, 5.74) is 2.97. The number of nitrogens with zero attached hydrogens (tertiary/aromatic N) is 2. The third-order valence-electron chi connectivity index (χ3n) is 4.56. The van der Waals surface area contributed by atoms with Crippen molar-refractivity contribution in [1.29, 1.82) is 0 Å². The normalized spacial score (nSPS) is 11.8. The van der Waals surface area contributed by atoms with Gasteiger partial charge in [-0.15, -0.1) is 0 Å². The average molecular weight is 382 g/mol. The lowest BCUT2D eigenvalue weighted by Gasteiger charge is -2.09. The van der Waals surface area contributed by atoms with Crippen molar-refractivity contribution >= 4 is 33.5 Å². The number of aromatic nitrogens is 3. The van der Waals surface area contributed by atoms with Gasteiger partial charge in [0, 0.05) is 34.9 Å². The quantitative estimate of drug-likeness (QED) is 0.488. The van der Waals surface area contributed by atoms with Gasteiger partial charge in [0.05, 0.1) is 11.0 Å². The number of anilines is 1. The second-order valence-corrected chi connectivity index (χ2v) is 7.24. The second-order valence-electron chi connectivity index (χ2n) is 7.24. The summed E-state index contributed by atoms with van der Waals surface area (Å²) < 4.78 is 27.7. The Kier molecular flexibility index (Phi) is 4.58. The van der Waals surface area contributed by atoms with E-state index in [1.165, 1.54) is 6.07 Å². The molecule has 0 saturated carbocycles. The molecular weight excluding hydrogens is 362 g/mol. The summed E-state index contributed by atoms with van der Waals surface area (Å²) in [7, 11) is 0. The number of benzene rings is 2. The van der Waals surface area contributed by atoms with Crippen LogP contribution in [0.2, 0.25) is 0 Å². The fourth-order valence-corrected chi connectivity index (χ4v) is 3.31. The van der Waals surface area contributed by atoms with Crippen molar-refractivity contribution in [2.45, 2.75) is 26.8 Å². The van der Waals surface area contributed by atoms with Crippen LogP contribution in [-0.4, -0.2) is 20.4 Å². The van der Waals surface area contributed by atoms with Crippen molar-refractivity contribution < 1.29 is 13.6 Å². The Bertz CT molecular complexity index is 1160. The number of hydrogen-bond donors (Lipinski definition) is 2. The minimum atomic E-state index is -2.68. The number of amides is 1. The van der Waals surface area contributed by atoms with Gasteiger partial charge in [0.2, 0.25) is 0 Å². The number of imidazole rings is 1. The molecule has 0 atom stereocenters. The van der Waals surface area contributed by atoms with E-state index in [2.05, 4.69) is 33.7 Å². The Hall–Kier alpha value is -3.22. The Morgan fingerprint density at radius 2 is 2.00 bits per heavy atom. The van der Waals surface area contributed by atoms with Crippen LogP contribution in [0.3, 0.4) is 0 Å². The van der Waals surface area contributed by atoms with Crippen molar-refractivity contribution in [3.05, 3.63) is 60.0 Å². The molecule has 4 aromatic rings. The molecule has 0 saturated heterocycles. The highest BCUT2D eigenvalue weighted by atomic mass is 19.3. The van der Waals surface area contributed by atoms with Crippen molar-refractivity contribution in [3.8, 4) is 0 Å². The molecule has 0 fully saturated rings. The lowest BCUT2D eigenvalue weighted by molar-refractivity contribution is 0.102. The van der Waals surface area contributed by atoms with E-state index < -0.39 is 12.2 Å². The molecule has 2 N–H and O–H groups in total. The number of alkyl halides is 2. The third kappa shape index (κ3) is 3.47. The summed E-state index contributed by atoms with van der Waals surface area (Å²) in [6, 6.07) is 12.5. The first-order chi connectivity index (χ1) is 13.4. The van der Waals surface area contributed by atoms with Gasteiger partial charge in [-0.05, 0) is 48.4 Å². The van der Waals surface area contributed by atoms with Crippen molar-refractivity contribution in [2.75, 3.05) is 5.32 Å². The smallest absolute Gasteiger partial charge is 0.295 e. The number of halogens is 2. The minimum absolute atomic E-state index is 0.309. The van der Waals surface area contributed by atoms with Gasteiger partial charge in [0.1, 0.15) is 0 Å². The van der Waals surface area contributed by atoms with E-state index in [0.29, 0.717) is 28.2 Å². The Balaban J connectivity index is 1.56. The molecule has 0 aliphatic rings. The van der Waals surface area contributed by atoms with Crippen LogP contribution in [0.25, 0.3) is 21.9 Å². The molecule has 0 radical (unpaired) electrons. The molecule has 144 valence electrons. The molecule has 0 spiro atoms. The van der Waals surface area contributed by atoms with E-state index in [-0.39, 0.29) is 5.91 Å². The maximum atomic E-state index is 12.8. The zero-order chi connectivity index (χ0) is 19.8. The number of rotatable bonds is 5. The van der Waals surface area contributed by atoms with E-state index >= 15 is 0 Å². The highest BCUT2D eigenvalue weighted by molar-refractivity contribution is 6.06. The molecule has 5 nitrogen and oxygen atoms in total. The van der Waals surface area contributed by atoms with Crippen LogP contribution >= 0.6 is 0 Å². The number of nitrogens with one attached hydrogen (secondary N) is 2. The highest BCUT2D eigenvalue weighted by Crippen LogP contribution is 2.23. The second kappa shape index (κ2) is 7.07. The molecule has 28 heavy (non-hydrogen) atoms. The first-order valence-electron chi connectivity index (χ1n) is 9.09. The SMILES string of the molecule is CC(C)Cn1ccc2cc(NC(=O)c3ccc4nc(C(F)F)[nH]c4c3)ccc21. The fraction of sp³-hybridized carbons (Fsp3) is 0.238. The molecule has 1 amide bonds. The van der Waals surface area contributed by atoms with Crippen LogP contribution in [0.4, 0.5) is 14.5 Å². The Morgan fingerprint density at radius 3 is 2.75 bits per heavy atom. The lowest BCUT2D eigenvalue weighted by atomic mass is 10.1. The molecule has 2 heterocycles. The van der Waals surface area contributed by atoms with Gasteiger partial charge in [-0.2, -0.15) is 0 Å². The van der Waals surface area contributed by atoms with E-state index in [1.807, 2.05) is 30.5 Å². The molecule has 7 heteroatoms. The Labute approximate surface area is 160 Å². The largest absolute Gasteiger partial charge is 0.347 e. The monoisotopic (exact) mass is 382 g/mol. The number of aromatic amines is 1. The van der Waals surface area contributed by atoms with Gasteiger partial charge >= 0.3 is 0 Å². The fourth-order valence-electron chi connectivity index (χ4n) is 3.31. The van der Waals surface area contributed by atoms with Crippen molar-refractivity contribution in [1.82, 2.24) is 14.5 Å². The van der Waals surface area contributed by atoms with E-state index in [9.17, 15) is 13.6 Å². The van der Waals surface area contributed by atoms with E-state index in [1.54, 1.807) is 12.1 Å². The number of carbonyl (C=O) groups excluding carboxylic acids is 1. The van der Waals surface area contributed by atoms with Crippen molar-refractivity contribution in [3.63, 3.8) is 0 Å². The van der Waals surface area contributed by atoms with Gasteiger partial charge in [-0.3, -0.25) is 4.79 Å². The summed E-state index contributed by atoms with van der Waals surface area (Å²) >= 11 is 0. The van der Waals surface area contributed by atoms with Crippen LogP contribution in [0.1, 0.15) is 36.5 Å². The van der Waals surface area contributed by atoms with Gasteiger partial charge < -0.3 is 14.9 Å². The molecular formula is C21H20F2N4O. The van der Waals surface area contributed by atoms with Crippen LogP contribution in [0.15, 0.2) is 48.7 Å². The molecule has 0 unspecified atom stereocenters. The summed E-state index contributed by atoms with van der Waals surface area (Å²) in [5, 5.41) is 3.91. The number of carbonyl (C=O) groups is 1. The average Bonchev–Trinajstić information content (AvgIpc) is 3.24. The molecule has 0 aliphatic carbocycles. The zero-order valence-corrected chi connectivity index (χ0v) is 15.5. The lowest BCUT2D eigenvalue weighted by Crippen LogP contribution is -2.11. The molecule has 0 aliphatic heterocycles. The summed E-state index contributed by atoms with van der Waals surface area (Å²) in [6.45, 7) is 5.27. The number of hydrogen-bond acceptors (Lipinski definition) is 2. The van der Waals surface area contributed by atoms with Gasteiger partial charge in [0.25, 0.3) is 12.3 Å². The van der Waals surface area contributed by atoms with E-state index in [0.717, 1.165) is 17.4 Å². The molecule has 2 aromatic carbocycles. The first kappa shape index (κ1) is 18.2. The first-order valence-corrected chi connectivity index (χ1v) is 9.09. The predicted octanol–water partition coefficient (Wildman–Crippen LogP) is 5.36. The van der Waals surface area contributed by atoms with E-state index in [4.69, 9.17) is 0 Å². The summed E-state index contributed by atoms with van der Waals surface area (Å²) in [5.74, 6) is -0.169. The van der Waals surface area contributed by atoms with Gasteiger partial charge in [-0.1, -0.05) is 13.8 Å². The van der Waals surface area contributed by atoms with Gasteiger partial charge in [-0.25, -0.2) is 13.8 Å². The van der Waals surface area contributed by atoms with Crippen LogP contribution in [-0.2, 0) is 6.54 Å². The maximum absolute atomic E-state index is 12.8.